The van der Waals surface area contributed by atoms with Crippen LogP contribution in [0.5, 0.6) is 0 Å². The van der Waals surface area contributed by atoms with E-state index in [1.54, 1.807) is 30.1 Å². The van der Waals surface area contributed by atoms with Crippen LogP contribution in [-0.2, 0) is 25.3 Å². The molecule has 1 saturated heterocycles. The maximum absolute atomic E-state index is 12.8. The first kappa shape index (κ1) is 21.3. The van der Waals surface area contributed by atoms with Gasteiger partial charge in [0.05, 0.1) is 25.0 Å². The predicted octanol–water partition coefficient (Wildman–Crippen LogP) is 1.17. The van der Waals surface area contributed by atoms with Crippen molar-refractivity contribution in [3.05, 3.63) is 35.4 Å². The van der Waals surface area contributed by atoms with E-state index in [0.717, 1.165) is 6.42 Å². The van der Waals surface area contributed by atoms with Gasteiger partial charge in [0.25, 0.3) is 0 Å². The van der Waals surface area contributed by atoms with E-state index in [1.165, 1.54) is 17.5 Å². The second-order valence-electron chi connectivity index (χ2n) is 6.74. The monoisotopic (exact) mass is 398 g/mol. The van der Waals surface area contributed by atoms with Gasteiger partial charge in [-0.3, -0.25) is 9.69 Å². The molecule has 9 heteroatoms. The Hall–Kier alpha value is -1.97. The van der Waals surface area contributed by atoms with Gasteiger partial charge in [0.2, 0.25) is 10.0 Å². The van der Waals surface area contributed by atoms with E-state index >= 15 is 0 Å². The lowest BCUT2D eigenvalue weighted by atomic mass is 10.1. The summed E-state index contributed by atoms with van der Waals surface area (Å²) in [4.78, 5) is 24.3. The minimum Gasteiger partial charge on any atom is -0.480 e. The number of nitrogens with zero attached hydrogens (tertiary/aromatic N) is 2. The van der Waals surface area contributed by atoms with Crippen LogP contribution in [0.25, 0.3) is 0 Å². The molecule has 1 aromatic rings. The van der Waals surface area contributed by atoms with E-state index in [4.69, 9.17) is 5.11 Å². The summed E-state index contributed by atoms with van der Waals surface area (Å²) in [6, 6.07) is 6.47. The molecule has 0 bridgehead atoms. The van der Waals surface area contributed by atoms with Crippen molar-refractivity contribution >= 4 is 22.0 Å². The Balaban J connectivity index is 2.04. The Morgan fingerprint density at radius 2 is 2.04 bits per heavy atom. The lowest BCUT2D eigenvalue weighted by molar-refractivity contribution is -0.138. The van der Waals surface area contributed by atoms with E-state index in [9.17, 15) is 18.0 Å². The molecule has 1 aliphatic heterocycles. The van der Waals surface area contributed by atoms with Gasteiger partial charge in [-0.05, 0) is 44.0 Å². The molecule has 1 unspecified atom stereocenters. The molecule has 2 rings (SSSR count). The lowest BCUT2D eigenvalue weighted by Gasteiger charge is -2.25. The van der Waals surface area contributed by atoms with Crippen molar-refractivity contribution in [2.75, 3.05) is 33.8 Å². The van der Waals surface area contributed by atoms with Crippen LogP contribution in [0.3, 0.4) is 0 Å². The number of sulfonamides is 1. The van der Waals surface area contributed by atoms with Crippen LogP contribution in [0.1, 0.15) is 35.2 Å². The highest BCUT2D eigenvalue weighted by Gasteiger charge is 2.28. The first-order valence-corrected chi connectivity index (χ1v) is 10.4. The van der Waals surface area contributed by atoms with Crippen molar-refractivity contribution in [1.82, 2.24) is 9.21 Å². The summed E-state index contributed by atoms with van der Waals surface area (Å²) in [5.41, 5.74) is 0.845. The van der Waals surface area contributed by atoms with Crippen LogP contribution in [0.15, 0.2) is 24.3 Å². The molecular formula is C18H26N2O6S. The number of carboxylic acid groups (broad SMARTS) is 1. The summed E-state index contributed by atoms with van der Waals surface area (Å²) in [5.74, 6) is -1.59. The highest BCUT2D eigenvalue weighted by atomic mass is 32.2. The standard InChI is InChI=1S/C18H26N2O6S/c1-19(12-17(21)22)16-7-4-9-20(10-8-16)27(24,25)13-14-5-3-6-15(11-14)18(23)26-2/h3,5-6,11,16H,4,7-10,12-13H2,1-2H3,(H,21,22). The summed E-state index contributed by atoms with van der Waals surface area (Å²) in [6.07, 6.45) is 2.02. The topological polar surface area (TPSA) is 104 Å². The smallest absolute Gasteiger partial charge is 0.337 e. The van der Waals surface area contributed by atoms with Crippen LogP contribution >= 0.6 is 0 Å². The number of benzene rings is 1. The minimum atomic E-state index is -3.53. The van der Waals surface area contributed by atoms with Gasteiger partial charge in [0.1, 0.15) is 0 Å². The van der Waals surface area contributed by atoms with Crippen molar-refractivity contribution in [2.45, 2.75) is 31.1 Å². The van der Waals surface area contributed by atoms with Crippen molar-refractivity contribution < 1.29 is 27.9 Å². The highest BCUT2D eigenvalue weighted by Crippen LogP contribution is 2.20. The molecule has 0 aliphatic carbocycles. The van der Waals surface area contributed by atoms with Crippen molar-refractivity contribution in [2.24, 2.45) is 0 Å². The number of carboxylic acids is 1. The van der Waals surface area contributed by atoms with Gasteiger partial charge < -0.3 is 9.84 Å². The largest absolute Gasteiger partial charge is 0.480 e. The van der Waals surface area contributed by atoms with Crippen LogP contribution in [0, 0.1) is 0 Å². The van der Waals surface area contributed by atoms with Crippen LogP contribution in [0.2, 0.25) is 0 Å². The maximum atomic E-state index is 12.8. The number of rotatable bonds is 7. The quantitative estimate of drug-likeness (QED) is 0.688. The molecule has 1 fully saturated rings. The molecule has 1 aliphatic rings. The van der Waals surface area contributed by atoms with Gasteiger partial charge in [0.15, 0.2) is 0 Å². The Labute approximate surface area is 159 Å². The van der Waals surface area contributed by atoms with Crippen LogP contribution in [-0.4, -0.2) is 74.5 Å². The second-order valence-corrected chi connectivity index (χ2v) is 8.71. The summed E-state index contributed by atoms with van der Waals surface area (Å²) in [6.45, 7) is 0.710. The molecular weight excluding hydrogens is 372 g/mol. The van der Waals surface area contributed by atoms with E-state index in [0.29, 0.717) is 37.1 Å². The molecule has 1 heterocycles. The van der Waals surface area contributed by atoms with E-state index in [1.807, 2.05) is 0 Å². The zero-order chi connectivity index (χ0) is 20.0. The van der Waals surface area contributed by atoms with Gasteiger partial charge in [0, 0.05) is 19.1 Å². The highest BCUT2D eigenvalue weighted by molar-refractivity contribution is 7.88. The fourth-order valence-corrected chi connectivity index (χ4v) is 4.90. The number of hydrogen-bond donors (Lipinski definition) is 1. The third-order valence-electron chi connectivity index (χ3n) is 4.76. The van der Waals surface area contributed by atoms with E-state index < -0.39 is 22.0 Å². The number of carbonyl (C=O) groups excluding carboxylic acids is 1. The second kappa shape index (κ2) is 9.29. The SMILES string of the molecule is COC(=O)c1cccc(CS(=O)(=O)N2CCCC(N(C)CC(=O)O)CC2)c1. The summed E-state index contributed by atoms with van der Waals surface area (Å²) < 4.78 is 31.8. The number of esters is 1. The fourth-order valence-electron chi connectivity index (χ4n) is 3.32. The van der Waals surface area contributed by atoms with Gasteiger partial charge >= 0.3 is 11.9 Å². The molecule has 8 nitrogen and oxygen atoms in total. The predicted molar refractivity (Wildman–Crippen MR) is 99.9 cm³/mol. The number of methoxy groups -OCH3 is 1. The zero-order valence-electron chi connectivity index (χ0n) is 15.6. The first-order valence-electron chi connectivity index (χ1n) is 8.80. The Morgan fingerprint density at radius 1 is 1.30 bits per heavy atom. The van der Waals surface area contributed by atoms with E-state index in [2.05, 4.69) is 4.74 Å². The normalized spacial score (nSPS) is 18.9. The Bertz CT molecular complexity index is 780. The molecule has 1 aromatic carbocycles. The van der Waals surface area contributed by atoms with Gasteiger partial charge in [-0.1, -0.05) is 12.1 Å². The lowest BCUT2D eigenvalue weighted by Crippen LogP contribution is -2.37. The average Bonchev–Trinajstić information content (AvgIpc) is 2.87. The third-order valence-corrected chi connectivity index (χ3v) is 6.61. The number of likely N-dealkylation sites (N-methyl/N-ethyl adjacent to an activating group) is 1. The molecule has 1 atom stereocenters. The van der Waals surface area contributed by atoms with E-state index in [-0.39, 0.29) is 18.3 Å². The third kappa shape index (κ3) is 6.02. The number of aliphatic carboxylic acids is 1. The van der Waals surface area contributed by atoms with Crippen molar-refractivity contribution in [3.63, 3.8) is 0 Å². The van der Waals surface area contributed by atoms with Gasteiger partial charge in [-0.25, -0.2) is 17.5 Å². The number of hydrogen-bond acceptors (Lipinski definition) is 6. The molecule has 150 valence electrons. The summed E-state index contributed by atoms with van der Waals surface area (Å²) in [5, 5.41) is 8.93. The van der Waals surface area contributed by atoms with Gasteiger partial charge in [-0.15, -0.1) is 0 Å². The zero-order valence-corrected chi connectivity index (χ0v) is 16.4. The van der Waals surface area contributed by atoms with Crippen LogP contribution < -0.4 is 0 Å². The number of carbonyl (C=O) groups is 2. The summed E-state index contributed by atoms with van der Waals surface area (Å²) >= 11 is 0. The van der Waals surface area contributed by atoms with Crippen molar-refractivity contribution in [1.29, 1.82) is 0 Å². The Morgan fingerprint density at radius 3 is 2.70 bits per heavy atom. The number of ether oxygens (including phenoxy) is 1. The molecule has 0 saturated carbocycles. The fraction of sp³-hybridized carbons (Fsp3) is 0.556. The molecule has 0 spiro atoms. The molecule has 0 amide bonds. The minimum absolute atomic E-state index is 0.0453. The van der Waals surface area contributed by atoms with Gasteiger partial charge in [-0.2, -0.15) is 0 Å². The first-order chi connectivity index (χ1) is 12.7. The average molecular weight is 398 g/mol. The van der Waals surface area contributed by atoms with Crippen molar-refractivity contribution in [3.8, 4) is 0 Å². The summed E-state index contributed by atoms with van der Waals surface area (Å²) in [7, 11) is -0.505. The maximum Gasteiger partial charge on any atom is 0.337 e. The molecule has 0 aromatic heterocycles. The molecule has 1 N–H and O–H groups in total. The Kier molecular flexibility index (Phi) is 7.34. The molecule has 27 heavy (non-hydrogen) atoms. The molecule has 0 radical (unpaired) electrons. The van der Waals surface area contributed by atoms with Crippen LogP contribution in [0.4, 0.5) is 0 Å².